The third-order valence-electron chi connectivity index (χ3n) is 6.24. The predicted octanol–water partition coefficient (Wildman–Crippen LogP) is 3.93. The Bertz CT molecular complexity index is 926. The number of piperidine rings is 1. The number of fused-ring (bicyclic) bond motifs is 1. The fourth-order valence-electron chi connectivity index (χ4n) is 4.52. The fourth-order valence-corrected chi connectivity index (χ4v) is 4.52. The number of anilines is 1. The maximum atomic E-state index is 13.1. The summed E-state index contributed by atoms with van der Waals surface area (Å²) in [6, 6.07) is 12.4. The van der Waals surface area contributed by atoms with E-state index in [0.717, 1.165) is 61.7 Å². The van der Waals surface area contributed by atoms with Gasteiger partial charge < -0.3 is 19.8 Å². The number of halogens is 1. The minimum Gasteiger partial charge on any atom is -0.756 e. The standard InChI is InChI=1S/C23H25FN3O3/c24-19-4-1-16(2-5-19)11-17-7-9-26(10-8-17)14-20-13-21(25-30-20)18-3-6-22-23(12-18)29-15-27(22)28/h1-6,12,17,20H,7-11,13-15H2/q-1. The van der Waals surface area contributed by atoms with Crippen molar-refractivity contribution in [1.29, 1.82) is 0 Å². The SMILES string of the molecule is [O-]N1COc2cc(C3=NOC(CN4CCC(Cc5ccc(F)cc5)CC4)C3)ccc21. The maximum Gasteiger partial charge on any atom is 0.151 e. The van der Waals surface area contributed by atoms with Crippen molar-refractivity contribution < 1.29 is 14.0 Å². The molecule has 2 aromatic rings. The van der Waals surface area contributed by atoms with Crippen molar-refractivity contribution in [2.75, 3.05) is 31.4 Å². The Kier molecular flexibility index (Phi) is 5.31. The monoisotopic (exact) mass is 410 g/mol. The molecule has 3 heterocycles. The number of hydrogen-bond donors (Lipinski definition) is 0. The zero-order valence-electron chi connectivity index (χ0n) is 16.8. The number of likely N-dealkylation sites (tertiary alicyclic amines) is 1. The molecule has 1 atom stereocenters. The van der Waals surface area contributed by atoms with Gasteiger partial charge in [0.05, 0.1) is 11.4 Å². The van der Waals surface area contributed by atoms with Gasteiger partial charge in [-0.1, -0.05) is 23.4 Å². The highest BCUT2D eigenvalue weighted by Crippen LogP contribution is 2.35. The van der Waals surface area contributed by atoms with Crippen molar-refractivity contribution in [2.45, 2.75) is 31.8 Å². The van der Waals surface area contributed by atoms with Gasteiger partial charge in [0.1, 0.15) is 17.7 Å². The number of nitrogens with zero attached hydrogens (tertiary/aromatic N) is 3. The summed E-state index contributed by atoms with van der Waals surface area (Å²) in [4.78, 5) is 8.14. The Labute approximate surface area is 175 Å². The van der Waals surface area contributed by atoms with E-state index in [0.29, 0.717) is 17.4 Å². The van der Waals surface area contributed by atoms with Crippen LogP contribution in [-0.2, 0) is 11.3 Å². The number of hydrogen-bond acceptors (Lipinski definition) is 6. The highest BCUT2D eigenvalue weighted by molar-refractivity contribution is 6.02. The van der Waals surface area contributed by atoms with Gasteiger partial charge in [0.25, 0.3) is 0 Å². The molecule has 5 rings (SSSR count). The lowest BCUT2D eigenvalue weighted by Gasteiger charge is -2.33. The lowest BCUT2D eigenvalue weighted by molar-refractivity contribution is 0.0419. The topological polar surface area (TPSA) is 60.4 Å². The van der Waals surface area contributed by atoms with E-state index in [4.69, 9.17) is 9.57 Å². The molecule has 7 heteroatoms. The molecule has 0 saturated carbocycles. The smallest absolute Gasteiger partial charge is 0.151 e. The summed E-state index contributed by atoms with van der Waals surface area (Å²) < 4.78 is 18.5. The van der Waals surface area contributed by atoms with Gasteiger partial charge >= 0.3 is 0 Å². The normalized spacial score (nSPS) is 21.9. The van der Waals surface area contributed by atoms with E-state index >= 15 is 0 Å². The Morgan fingerprint density at radius 3 is 2.70 bits per heavy atom. The minimum atomic E-state index is -0.175. The summed E-state index contributed by atoms with van der Waals surface area (Å²) in [6.45, 7) is 3.01. The van der Waals surface area contributed by atoms with Crippen LogP contribution in [0.25, 0.3) is 0 Å². The van der Waals surface area contributed by atoms with E-state index in [1.165, 1.54) is 5.56 Å². The number of rotatable bonds is 5. The highest BCUT2D eigenvalue weighted by atomic mass is 19.1. The summed E-state index contributed by atoms with van der Waals surface area (Å²) in [7, 11) is 0. The predicted molar refractivity (Wildman–Crippen MR) is 113 cm³/mol. The van der Waals surface area contributed by atoms with E-state index in [-0.39, 0.29) is 18.7 Å². The molecule has 1 saturated heterocycles. The van der Waals surface area contributed by atoms with E-state index in [9.17, 15) is 9.60 Å². The molecule has 0 radical (unpaired) electrons. The molecule has 0 N–H and O–H groups in total. The first kappa shape index (κ1) is 19.3. The second-order valence-electron chi connectivity index (χ2n) is 8.38. The second kappa shape index (κ2) is 8.24. The third kappa shape index (κ3) is 4.13. The van der Waals surface area contributed by atoms with Crippen LogP contribution in [0.1, 0.15) is 30.4 Å². The van der Waals surface area contributed by atoms with Gasteiger partial charge in [0.15, 0.2) is 6.73 Å². The molecule has 2 aromatic carbocycles. The number of hydroxylamine groups is 1. The van der Waals surface area contributed by atoms with Crippen molar-refractivity contribution in [3.05, 3.63) is 64.6 Å². The molecule has 3 aliphatic heterocycles. The van der Waals surface area contributed by atoms with E-state index in [1.54, 1.807) is 18.2 Å². The van der Waals surface area contributed by atoms with Gasteiger partial charge in [-0.3, -0.25) is 4.90 Å². The molecular formula is C23H25FN3O3-. The summed E-state index contributed by atoms with van der Waals surface area (Å²) in [5, 5.41) is 16.8. The lowest BCUT2D eigenvalue weighted by Crippen LogP contribution is -2.39. The van der Waals surface area contributed by atoms with Gasteiger partial charge in [-0.25, -0.2) is 4.39 Å². The Morgan fingerprint density at radius 2 is 1.90 bits per heavy atom. The summed E-state index contributed by atoms with van der Waals surface area (Å²) in [6.07, 6.45) is 4.12. The van der Waals surface area contributed by atoms with Crippen molar-refractivity contribution >= 4 is 11.4 Å². The lowest BCUT2D eigenvalue weighted by atomic mass is 9.90. The number of oxime groups is 1. The van der Waals surface area contributed by atoms with Crippen LogP contribution in [0.4, 0.5) is 10.1 Å². The van der Waals surface area contributed by atoms with Crippen LogP contribution in [0.5, 0.6) is 5.75 Å². The molecule has 3 aliphatic rings. The number of ether oxygens (including phenoxy) is 1. The fraction of sp³-hybridized carbons (Fsp3) is 0.435. The first-order chi connectivity index (χ1) is 14.6. The third-order valence-corrected chi connectivity index (χ3v) is 6.24. The molecule has 6 nitrogen and oxygen atoms in total. The van der Waals surface area contributed by atoms with Crippen LogP contribution in [0.15, 0.2) is 47.6 Å². The van der Waals surface area contributed by atoms with Crippen LogP contribution in [0.3, 0.4) is 0 Å². The molecular weight excluding hydrogens is 385 g/mol. The van der Waals surface area contributed by atoms with E-state index < -0.39 is 0 Å². The first-order valence-electron chi connectivity index (χ1n) is 10.6. The Balaban J connectivity index is 1.10. The summed E-state index contributed by atoms with van der Waals surface area (Å²) in [5.74, 6) is 1.08. The van der Waals surface area contributed by atoms with E-state index in [2.05, 4.69) is 10.1 Å². The quantitative estimate of drug-likeness (QED) is 0.748. The average molecular weight is 410 g/mol. The number of benzene rings is 2. The van der Waals surface area contributed by atoms with Crippen LogP contribution < -0.4 is 9.80 Å². The zero-order chi connectivity index (χ0) is 20.5. The highest BCUT2D eigenvalue weighted by Gasteiger charge is 2.28. The first-order valence-corrected chi connectivity index (χ1v) is 10.6. The summed E-state index contributed by atoms with van der Waals surface area (Å²) in [5.41, 5.74) is 3.63. The van der Waals surface area contributed by atoms with Gasteiger partial charge in [0, 0.05) is 18.5 Å². The second-order valence-corrected chi connectivity index (χ2v) is 8.38. The zero-order valence-corrected chi connectivity index (χ0v) is 16.8. The van der Waals surface area contributed by atoms with Crippen LogP contribution in [0, 0.1) is 16.9 Å². The van der Waals surface area contributed by atoms with Gasteiger partial charge in [-0.05, 0) is 68.1 Å². The molecule has 0 bridgehead atoms. The van der Waals surface area contributed by atoms with Crippen LogP contribution in [-0.4, -0.2) is 43.1 Å². The minimum absolute atomic E-state index is 0.0432. The molecule has 1 fully saturated rings. The average Bonchev–Trinajstić information content (AvgIpc) is 3.38. The molecule has 0 aliphatic carbocycles. The molecule has 30 heavy (non-hydrogen) atoms. The molecule has 158 valence electrons. The van der Waals surface area contributed by atoms with Crippen LogP contribution >= 0.6 is 0 Å². The largest absolute Gasteiger partial charge is 0.756 e. The van der Waals surface area contributed by atoms with Gasteiger partial charge in [0.2, 0.25) is 0 Å². The van der Waals surface area contributed by atoms with Crippen molar-refractivity contribution in [3.63, 3.8) is 0 Å². The molecule has 0 aromatic heterocycles. The molecule has 0 amide bonds. The summed E-state index contributed by atoms with van der Waals surface area (Å²) >= 11 is 0. The van der Waals surface area contributed by atoms with Crippen molar-refractivity contribution in [1.82, 2.24) is 4.90 Å². The van der Waals surface area contributed by atoms with Gasteiger partial charge in [-0.15, -0.1) is 0 Å². The van der Waals surface area contributed by atoms with Crippen molar-refractivity contribution in [3.8, 4) is 5.75 Å². The Morgan fingerprint density at radius 1 is 1.10 bits per heavy atom. The van der Waals surface area contributed by atoms with Crippen molar-refractivity contribution in [2.24, 2.45) is 11.1 Å². The van der Waals surface area contributed by atoms with E-state index in [1.807, 2.05) is 24.3 Å². The Hall–Kier alpha value is -2.64. The van der Waals surface area contributed by atoms with Gasteiger partial charge in [-0.2, -0.15) is 0 Å². The molecule has 0 spiro atoms. The van der Waals surface area contributed by atoms with Crippen LogP contribution in [0.2, 0.25) is 0 Å². The molecule has 1 unspecified atom stereocenters. The maximum absolute atomic E-state index is 13.1.